The monoisotopic (exact) mass is 226 g/mol. The smallest absolute Gasteiger partial charge is 0.0500 e. The maximum absolute atomic E-state index is 4.15. The number of anilines is 1. The van der Waals surface area contributed by atoms with E-state index in [2.05, 4.69) is 55.3 Å². The molecule has 1 unspecified atom stereocenters. The number of aryl methyl sites for hydroxylation is 2. The highest BCUT2D eigenvalue weighted by Crippen LogP contribution is 2.22. The van der Waals surface area contributed by atoms with Gasteiger partial charge in [0.25, 0.3) is 0 Å². The van der Waals surface area contributed by atoms with Crippen molar-refractivity contribution < 1.29 is 0 Å². The van der Waals surface area contributed by atoms with Gasteiger partial charge in [0.1, 0.15) is 0 Å². The van der Waals surface area contributed by atoms with Gasteiger partial charge in [-0.3, -0.25) is 4.98 Å². The Balaban J connectivity index is 2.18. The molecule has 0 radical (unpaired) electrons. The fourth-order valence-corrected chi connectivity index (χ4v) is 1.84. The van der Waals surface area contributed by atoms with Gasteiger partial charge in [0.15, 0.2) is 0 Å². The molecule has 0 fully saturated rings. The normalized spacial score (nSPS) is 12.2. The zero-order valence-corrected chi connectivity index (χ0v) is 10.6. The third-order valence-electron chi connectivity index (χ3n) is 2.95. The molecular weight excluding hydrogens is 208 g/mol. The summed E-state index contributed by atoms with van der Waals surface area (Å²) in [4.78, 5) is 4.15. The molecule has 0 saturated carbocycles. The summed E-state index contributed by atoms with van der Waals surface area (Å²) in [6.45, 7) is 6.38. The second-order valence-corrected chi connectivity index (χ2v) is 4.47. The molecule has 0 aliphatic heterocycles. The summed E-state index contributed by atoms with van der Waals surface area (Å²) in [6, 6.07) is 10.8. The van der Waals surface area contributed by atoms with Gasteiger partial charge in [-0.2, -0.15) is 0 Å². The van der Waals surface area contributed by atoms with Crippen molar-refractivity contribution in [1.82, 2.24) is 4.98 Å². The maximum Gasteiger partial charge on any atom is 0.0500 e. The lowest BCUT2D eigenvalue weighted by molar-refractivity contribution is 0.873. The van der Waals surface area contributed by atoms with Gasteiger partial charge in [0.2, 0.25) is 0 Å². The predicted octanol–water partition coefficient (Wildman–Crippen LogP) is 3.87. The number of rotatable bonds is 3. The summed E-state index contributed by atoms with van der Waals surface area (Å²) in [5.41, 5.74) is 4.94. The van der Waals surface area contributed by atoms with Crippen LogP contribution in [0.3, 0.4) is 0 Å². The highest BCUT2D eigenvalue weighted by atomic mass is 14.9. The van der Waals surface area contributed by atoms with Crippen molar-refractivity contribution in [2.24, 2.45) is 0 Å². The Labute approximate surface area is 103 Å². The van der Waals surface area contributed by atoms with Crippen molar-refractivity contribution in [3.05, 3.63) is 59.4 Å². The summed E-state index contributed by atoms with van der Waals surface area (Å²) in [5, 5.41) is 3.53. The zero-order valence-electron chi connectivity index (χ0n) is 10.6. The first-order valence-corrected chi connectivity index (χ1v) is 5.90. The molecule has 0 amide bonds. The van der Waals surface area contributed by atoms with Crippen LogP contribution >= 0.6 is 0 Å². The number of nitrogens with zero attached hydrogens (tertiary/aromatic N) is 1. The van der Waals surface area contributed by atoms with E-state index in [0.29, 0.717) is 0 Å². The second-order valence-electron chi connectivity index (χ2n) is 4.47. The average molecular weight is 226 g/mol. The largest absolute Gasteiger partial charge is 0.378 e. The molecule has 2 heteroatoms. The summed E-state index contributed by atoms with van der Waals surface area (Å²) in [6.07, 6.45) is 3.71. The molecule has 2 rings (SSSR count). The molecule has 2 aromatic rings. The van der Waals surface area contributed by atoms with Crippen LogP contribution < -0.4 is 5.32 Å². The van der Waals surface area contributed by atoms with Gasteiger partial charge in [0, 0.05) is 18.1 Å². The van der Waals surface area contributed by atoms with Gasteiger partial charge in [-0.15, -0.1) is 0 Å². The number of aromatic nitrogens is 1. The zero-order chi connectivity index (χ0) is 12.3. The van der Waals surface area contributed by atoms with Crippen LogP contribution in [-0.2, 0) is 0 Å². The van der Waals surface area contributed by atoms with Gasteiger partial charge in [-0.25, -0.2) is 0 Å². The molecule has 17 heavy (non-hydrogen) atoms. The molecule has 0 spiro atoms. The number of pyridine rings is 1. The molecule has 1 atom stereocenters. The van der Waals surface area contributed by atoms with Crippen molar-refractivity contribution >= 4 is 5.69 Å². The Morgan fingerprint density at radius 3 is 2.71 bits per heavy atom. The lowest BCUT2D eigenvalue weighted by Gasteiger charge is -2.17. The van der Waals surface area contributed by atoms with Crippen molar-refractivity contribution in [2.75, 3.05) is 5.32 Å². The van der Waals surface area contributed by atoms with Crippen LogP contribution in [0.15, 0.2) is 42.7 Å². The summed E-state index contributed by atoms with van der Waals surface area (Å²) in [5.74, 6) is 0. The first-order chi connectivity index (χ1) is 8.16. The molecule has 2 nitrogen and oxygen atoms in total. The molecule has 1 aromatic heterocycles. The number of benzene rings is 1. The summed E-state index contributed by atoms with van der Waals surface area (Å²) >= 11 is 0. The minimum absolute atomic E-state index is 0.268. The van der Waals surface area contributed by atoms with Crippen LogP contribution in [0.1, 0.15) is 29.7 Å². The van der Waals surface area contributed by atoms with Crippen LogP contribution in [0, 0.1) is 13.8 Å². The summed E-state index contributed by atoms with van der Waals surface area (Å²) in [7, 11) is 0. The second kappa shape index (κ2) is 5.00. The molecular formula is C15H18N2. The van der Waals surface area contributed by atoms with E-state index >= 15 is 0 Å². The molecule has 0 aliphatic carbocycles. The van der Waals surface area contributed by atoms with E-state index in [1.807, 2.05) is 12.3 Å². The van der Waals surface area contributed by atoms with E-state index in [0.717, 1.165) is 0 Å². The fraction of sp³-hybridized carbons (Fsp3) is 0.267. The summed E-state index contributed by atoms with van der Waals surface area (Å²) < 4.78 is 0. The van der Waals surface area contributed by atoms with Gasteiger partial charge < -0.3 is 5.32 Å². The first-order valence-electron chi connectivity index (χ1n) is 5.90. The highest BCUT2D eigenvalue weighted by molar-refractivity contribution is 5.53. The molecule has 0 aliphatic rings. The van der Waals surface area contributed by atoms with E-state index in [1.165, 1.54) is 22.4 Å². The molecule has 1 aromatic carbocycles. The Bertz CT molecular complexity index is 492. The van der Waals surface area contributed by atoms with Crippen molar-refractivity contribution in [1.29, 1.82) is 0 Å². The number of nitrogens with one attached hydrogen (secondary N) is 1. The lowest BCUT2D eigenvalue weighted by atomic mass is 10.1. The molecule has 88 valence electrons. The Morgan fingerprint density at radius 2 is 2.00 bits per heavy atom. The highest BCUT2D eigenvalue weighted by Gasteiger charge is 2.06. The minimum Gasteiger partial charge on any atom is -0.378 e. The van der Waals surface area contributed by atoms with Crippen molar-refractivity contribution in [2.45, 2.75) is 26.8 Å². The third-order valence-corrected chi connectivity index (χ3v) is 2.95. The van der Waals surface area contributed by atoms with Crippen LogP contribution in [0.4, 0.5) is 5.69 Å². The molecule has 1 N–H and O–H groups in total. The van der Waals surface area contributed by atoms with Gasteiger partial charge >= 0.3 is 0 Å². The van der Waals surface area contributed by atoms with Crippen LogP contribution in [-0.4, -0.2) is 4.98 Å². The standard InChI is InChI=1S/C15H18N2/c1-11-6-7-12(2)15(9-11)17-13(3)14-5-4-8-16-10-14/h4-10,13,17H,1-3H3. The van der Waals surface area contributed by atoms with Gasteiger partial charge in [-0.05, 0) is 49.6 Å². The lowest BCUT2D eigenvalue weighted by Crippen LogP contribution is -2.08. The fourth-order valence-electron chi connectivity index (χ4n) is 1.84. The van der Waals surface area contributed by atoms with Crippen molar-refractivity contribution in [3.8, 4) is 0 Å². The Morgan fingerprint density at radius 1 is 1.18 bits per heavy atom. The Hall–Kier alpha value is -1.83. The van der Waals surface area contributed by atoms with E-state index < -0.39 is 0 Å². The Kier molecular flexibility index (Phi) is 3.43. The van der Waals surface area contributed by atoms with E-state index in [1.54, 1.807) is 6.20 Å². The maximum atomic E-state index is 4.15. The van der Waals surface area contributed by atoms with Crippen LogP contribution in [0.5, 0.6) is 0 Å². The molecule has 1 heterocycles. The van der Waals surface area contributed by atoms with E-state index in [-0.39, 0.29) is 6.04 Å². The van der Waals surface area contributed by atoms with Gasteiger partial charge in [-0.1, -0.05) is 18.2 Å². The topological polar surface area (TPSA) is 24.9 Å². The average Bonchev–Trinajstić information content (AvgIpc) is 2.35. The minimum atomic E-state index is 0.268. The molecule has 0 saturated heterocycles. The van der Waals surface area contributed by atoms with Crippen molar-refractivity contribution in [3.63, 3.8) is 0 Å². The number of hydrogen-bond acceptors (Lipinski definition) is 2. The predicted molar refractivity (Wildman–Crippen MR) is 72.2 cm³/mol. The number of hydrogen-bond donors (Lipinski definition) is 1. The van der Waals surface area contributed by atoms with E-state index in [9.17, 15) is 0 Å². The first kappa shape index (κ1) is 11.6. The van der Waals surface area contributed by atoms with Crippen LogP contribution in [0.2, 0.25) is 0 Å². The van der Waals surface area contributed by atoms with Crippen LogP contribution in [0.25, 0.3) is 0 Å². The molecule has 0 bridgehead atoms. The quantitative estimate of drug-likeness (QED) is 0.859. The SMILES string of the molecule is Cc1ccc(C)c(NC(C)c2cccnc2)c1. The van der Waals surface area contributed by atoms with E-state index in [4.69, 9.17) is 0 Å². The third kappa shape index (κ3) is 2.84. The van der Waals surface area contributed by atoms with Gasteiger partial charge in [0.05, 0.1) is 6.04 Å².